The molecule has 4 heterocycles. The standard InChI is InChI=1S/C27H13N5O5/c1-13-6-7-21-15(8-13)24(34)18(11-36-21)22-16(9-28)26-30-25(31-32(26)27(35)17(22)10-29)19-12-37-20-5-3-2-4-14(20)23(19)33/h2-8,11-12H,1H3,(H,30,31). The van der Waals surface area contributed by atoms with Gasteiger partial charge in [-0.25, -0.2) is 4.98 Å². The average molecular weight is 487 g/mol. The zero-order valence-electron chi connectivity index (χ0n) is 19.0. The number of benzene rings is 2. The summed E-state index contributed by atoms with van der Waals surface area (Å²) in [5.41, 5.74) is -1.37. The van der Waals surface area contributed by atoms with E-state index in [0.717, 1.165) is 16.3 Å². The first kappa shape index (κ1) is 21.8. The van der Waals surface area contributed by atoms with Crippen molar-refractivity contribution in [3.8, 4) is 34.7 Å². The lowest BCUT2D eigenvalue weighted by Crippen LogP contribution is -2.21. The number of aryl methyl sites for hydroxylation is 1. The minimum atomic E-state index is -0.848. The van der Waals surface area contributed by atoms with Crippen molar-refractivity contribution in [1.82, 2.24) is 14.6 Å². The van der Waals surface area contributed by atoms with Gasteiger partial charge in [-0.1, -0.05) is 23.8 Å². The van der Waals surface area contributed by atoms with Crippen LogP contribution in [-0.2, 0) is 0 Å². The average Bonchev–Trinajstić information content (AvgIpc) is 3.35. The normalized spacial score (nSPS) is 11.1. The second-order valence-electron chi connectivity index (χ2n) is 8.34. The van der Waals surface area contributed by atoms with E-state index in [2.05, 4.69) is 10.1 Å². The fraction of sp³-hybridized carbons (Fsp3) is 0.0370. The van der Waals surface area contributed by atoms with Crippen LogP contribution in [0.3, 0.4) is 0 Å². The van der Waals surface area contributed by atoms with Crippen molar-refractivity contribution in [2.24, 2.45) is 0 Å². The van der Waals surface area contributed by atoms with E-state index < -0.39 is 22.0 Å². The van der Waals surface area contributed by atoms with Crippen LogP contribution in [-0.4, -0.2) is 14.6 Å². The first-order chi connectivity index (χ1) is 17.9. The summed E-state index contributed by atoms with van der Waals surface area (Å²) in [4.78, 5) is 44.1. The number of nitrogens with zero attached hydrogens (tertiary/aromatic N) is 4. The summed E-state index contributed by atoms with van der Waals surface area (Å²) >= 11 is 0. The minimum Gasteiger partial charge on any atom is -0.463 e. The number of hydrogen-bond acceptors (Lipinski definition) is 8. The smallest absolute Gasteiger partial charge is 0.289 e. The molecule has 176 valence electrons. The van der Waals surface area contributed by atoms with Gasteiger partial charge in [0.05, 0.1) is 16.3 Å². The summed E-state index contributed by atoms with van der Waals surface area (Å²) in [7, 11) is 0. The Hall–Kier alpha value is -5.74. The second-order valence-corrected chi connectivity index (χ2v) is 8.34. The van der Waals surface area contributed by atoms with E-state index >= 15 is 0 Å². The number of nitrogens with one attached hydrogen (secondary N) is 1. The van der Waals surface area contributed by atoms with Crippen LogP contribution in [0.25, 0.3) is 50.1 Å². The molecule has 0 aliphatic rings. The summed E-state index contributed by atoms with van der Waals surface area (Å²) in [6.45, 7) is 1.81. The largest absolute Gasteiger partial charge is 0.463 e. The van der Waals surface area contributed by atoms with E-state index in [1.165, 1.54) is 6.26 Å². The van der Waals surface area contributed by atoms with E-state index in [-0.39, 0.29) is 39.1 Å². The van der Waals surface area contributed by atoms with Gasteiger partial charge in [0.2, 0.25) is 10.9 Å². The quantitative estimate of drug-likeness (QED) is 0.388. The number of nitriles is 2. The van der Waals surface area contributed by atoms with Gasteiger partial charge in [0, 0.05) is 5.56 Å². The van der Waals surface area contributed by atoms with E-state index in [9.17, 15) is 24.9 Å². The Kier molecular flexibility index (Phi) is 4.65. The third-order valence-corrected chi connectivity index (χ3v) is 6.14. The van der Waals surface area contributed by atoms with Crippen LogP contribution in [0.2, 0.25) is 0 Å². The monoisotopic (exact) mass is 487 g/mol. The number of aromatic amines is 1. The molecule has 1 N–H and O–H groups in total. The molecule has 10 heteroatoms. The van der Waals surface area contributed by atoms with Crippen LogP contribution in [0.4, 0.5) is 0 Å². The van der Waals surface area contributed by atoms with Crippen LogP contribution >= 0.6 is 0 Å². The Morgan fingerprint density at radius 3 is 2.30 bits per heavy atom. The molecule has 0 spiro atoms. The zero-order valence-corrected chi connectivity index (χ0v) is 19.0. The van der Waals surface area contributed by atoms with Gasteiger partial charge in [-0.15, -0.1) is 0 Å². The molecule has 2 aromatic carbocycles. The molecule has 0 aliphatic carbocycles. The number of fused-ring (bicyclic) bond motifs is 3. The lowest BCUT2D eigenvalue weighted by Gasteiger charge is -2.08. The number of pyridine rings is 1. The SMILES string of the molecule is Cc1ccc2occ(-c3c(C#N)c(=O)n4[nH]c(-c5coc6ccccc6c5=O)nc4c3C#N)c(=O)c2c1. The van der Waals surface area contributed by atoms with Crippen LogP contribution < -0.4 is 16.4 Å². The van der Waals surface area contributed by atoms with Crippen molar-refractivity contribution in [2.45, 2.75) is 6.92 Å². The van der Waals surface area contributed by atoms with E-state index in [4.69, 9.17) is 8.83 Å². The molecule has 0 aliphatic heterocycles. The second kappa shape index (κ2) is 7.90. The van der Waals surface area contributed by atoms with Crippen molar-refractivity contribution < 1.29 is 8.83 Å². The molecular formula is C27H13N5O5. The predicted octanol–water partition coefficient (Wildman–Crippen LogP) is 3.62. The molecule has 0 fully saturated rings. The van der Waals surface area contributed by atoms with Gasteiger partial charge in [0.1, 0.15) is 52.5 Å². The minimum absolute atomic E-state index is 0.0199. The Morgan fingerprint density at radius 1 is 0.865 bits per heavy atom. The van der Waals surface area contributed by atoms with Gasteiger partial charge in [-0.3, -0.25) is 19.5 Å². The molecule has 0 atom stereocenters. The lowest BCUT2D eigenvalue weighted by molar-refractivity contribution is 0.603. The zero-order chi connectivity index (χ0) is 25.8. The van der Waals surface area contributed by atoms with Crippen molar-refractivity contribution in [3.63, 3.8) is 0 Å². The molecule has 4 aromatic heterocycles. The van der Waals surface area contributed by atoms with Crippen molar-refractivity contribution in [2.75, 3.05) is 0 Å². The van der Waals surface area contributed by atoms with Crippen LogP contribution in [0.5, 0.6) is 0 Å². The molecular weight excluding hydrogens is 474 g/mol. The van der Waals surface area contributed by atoms with Crippen LogP contribution in [0.15, 0.2) is 78.2 Å². The lowest BCUT2D eigenvalue weighted by atomic mass is 9.97. The summed E-state index contributed by atoms with van der Waals surface area (Å²) in [6, 6.07) is 15.4. The molecule has 6 aromatic rings. The fourth-order valence-electron chi connectivity index (χ4n) is 4.37. The molecule has 0 amide bonds. The molecule has 0 radical (unpaired) electrons. The maximum atomic E-state index is 13.4. The van der Waals surface area contributed by atoms with Gasteiger partial charge in [0.25, 0.3) is 5.56 Å². The Balaban J connectivity index is 1.69. The third kappa shape index (κ3) is 3.10. The molecule has 0 unspecified atom stereocenters. The van der Waals surface area contributed by atoms with Gasteiger partial charge in [0.15, 0.2) is 11.5 Å². The van der Waals surface area contributed by atoms with E-state index in [1.54, 1.807) is 49.4 Å². The number of para-hydroxylation sites is 1. The van der Waals surface area contributed by atoms with Gasteiger partial charge >= 0.3 is 0 Å². The maximum absolute atomic E-state index is 13.4. The first-order valence-electron chi connectivity index (χ1n) is 11.0. The maximum Gasteiger partial charge on any atom is 0.289 e. The van der Waals surface area contributed by atoms with Gasteiger partial charge in [-0.2, -0.15) is 15.0 Å². The highest BCUT2D eigenvalue weighted by Gasteiger charge is 2.26. The van der Waals surface area contributed by atoms with Gasteiger partial charge < -0.3 is 8.83 Å². The molecule has 6 rings (SSSR count). The molecule has 0 bridgehead atoms. The molecule has 37 heavy (non-hydrogen) atoms. The van der Waals surface area contributed by atoms with Crippen molar-refractivity contribution in [1.29, 1.82) is 10.5 Å². The third-order valence-electron chi connectivity index (χ3n) is 6.14. The van der Waals surface area contributed by atoms with Crippen LogP contribution in [0.1, 0.15) is 16.7 Å². The Morgan fingerprint density at radius 2 is 1.54 bits per heavy atom. The Bertz CT molecular complexity index is 2200. The highest BCUT2D eigenvalue weighted by molar-refractivity contribution is 5.88. The summed E-state index contributed by atoms with van der Waals surface area (Å²) in [5.74, 6) is -0.0460. The highest BCUT2D eigenvalue weighted by Crippen LogP contribution is 2.28. The molecule has 0 saturated heterocycles. The fourth-order valence-corrected chi connectivity index (χ4v) is 4.37. The topological polar surface area (TPSA) is 158 Å². The Labute approximate surface area is 205 Å². The van der Waals surface area contributed by atoms with Crippen molar-refractivity contribution in [3.05, 3.63) is 102 Å². The van der Waals surface area contributed by atoms with E-state index in [0.29, 0.717) is 16.6 Å². The number of hydrogen-bond donors (Lipinski definition) is 1. The molecule has 10 nitrogen and oxygen atoms in total. The van der Waals surface area contributed by atoms with Crippen LogP contribution in [0, 0.1) is 29.6 Å². The summed E-state index contributed by atoms with van der Waals surface area (Å²) in [5, 5.41) is 23.2. The highest BCUT2D eigenvalue weighted by atomic mass is 16.3. The first-order valence-corrected chi connectivity index (χ1v) is 11.0. The summed E-state index contributed by atoms with van der Waals surface area (Å²) in [6.07, 6.45) is 2.32. The van der Waals surface area contributed by atoms with E-state index in [1.807, 2.05) is 12.1 Å². The number of rotatable bonds is 2. The number of H-pyrrole nitrogens is 1. The number of aromatic nitrogens is 3. The predicted molar refractivity (Wildman–Crippen MR) is 133 cm³/mol. The molecule has 0 saturated carbocycles. The van der Waals surface area contributed by atoms with Gasteiger partial charge in [-0.05, 0) is 31.2 Å². The summed E-state index contributed by atoms with van der Waals surface area (Å²) < 4.78 is 12.1. The van der Waals surface area contributed by atoms with Crippen molar-refractivity contribution >= 4 is 27.6 Å².